The number of alkyl halides is 2. The number of hydrogen-bond acceptors (Lipinski definition) is 2. The Labute approximate surface area is 185 Å². The van der Waals surface area contributed by atoms with E-state index < -0.39 is 4.33 Å². The number of piperidine rings is 1. The van der Waals surface area contributed by atoms with Crippen LogP contribution in [0.5, 0.6) is 0 Å². The van der Waals surface area contributed by atoms with Crippen LogP contribution in [0.25, 0.3) is 0 Å². The second-order valence-electron chi connectivity index (χ2n) is 8.82. The minimum Gasteiger partial charge on any atom is -0.385 e. The fourth-order valence-corrected chi connectivity index (χ4v) is 5.51. The Hall–Kier alpha value is -1.22. The van der Waals surface area contributed by atoms with Crippen molar-refractivity contribution in [2.45, 2.75) is 55.8 Å². The number of benzene rings is 2. The van der Waals surface area contributed by atoms with Crippen LogP contribution in [-0.2, 0) is 19.4 Å². The molecule has 4 rings (SSSR count). The van der Waals surface area contributed by atoms with Crippen LogP contribution >= 0.6 is 23.2 Å². The monoisotopic (exact) mass is 430 g/mol. The fourth-order valence-electron chi connectivity index (χ4n) is 4.76. The van der Waals surface area contributed by atoms with E-state index in [1.807, 2.05) is 0 Å². The Morgan fingerprint density at radius 3 is 2.55 bits per heavy atom. The van der Waals surface area contributed by atoms with Crippen molar-refractivity contribution in [1.82, 2.24) is 4.90 Å². The molecule has 0 aliphatic carbocycles. The summed E-state index contributed by atoms with van der Waals surface area (Å²) in [7, 11) is 0. The van der Waals surface area contributed by atoms with Gasteiger partial charge in [-0.3, -0.25) is 4.90 Å². The second kappa shape index (κ2) is 9.73. The average Bonchev–Trinajstić information content (AvgIpc) is 2.95. The van der Waals surface area contributed by atoms with Gasteiger partial charge in [-0.15, -0.1) is 23.2 Å². The van der Waals surface area contributed by atoms with Crippen molar-refractivity contribution in [3.8, 4) is 0 Å². The van der Waals surface area contributed by atoms with Gasteiger partial charge in [-0.05, 0) is 80.3 Å². The zero-order chi connectivity index (χ0) is 20.1. The molecule has 0 spiro atoms. The first-order valence-electron chi connectivity index (χ1n) is 11.1. The van der Waals surface area contributed by atoms with Crippen LogP contribution in [0.2, 0.25) is 0 Å². The number of halogens is 2. The Balaban J connectivity index is 1.28. The Morgan fingerprint density at radius 1 is 0.966 bits per heavy atom. The average molecular weight is 431 g/mol. The van der Waals surface area contributed by atoms with E-state index in [2.05, 4.69) is 58.7 Å². The van der Waals surface area contributed by atoms with Gasteiger partial charge < -0.3 is 5.32 Å². The number of anilines is 1. The normalized spacial score (nSPS) is 18.7. The third kappa shape index (κ3) is 6.13. The molecule has 2 nitrogen and oxygen atoms in total. The highest BCUT2D eigenvalue weighted by Gasteiger charge is 2.31. The summed E-state index contributed by atoms with van der Waals surface area (Å²) in [5.74, 6) is 0.607. The highest BCUT2D eigenvalue weighted by molar-refractivity contribution is 6.48. The van der Waals surface area contributed by atoms with Crippen molar-refractivity contribution in [3.63, 3.8) is 0 Å². The summed E-state index contributed by atoms with van der Waals surface area (Å²) >= 11 is 13.6. The molecule has 0 radical (unpaired) electrons. The number of aryl methyl sites for hydroxylation is 1. The van der Waals surface area contributed by atoms with E-state index in [9.17, 15) is 0 Å². The van der Waals surface area contributed by atoms with Gasteiger partial charge in [-0.1, -0.05) is 42.5 Å². The van der Waals surface area contributed by atoms with Crippen LogP contribution in [0.3, 0.4) is 0 Å². The van der Waals surface area contributed by atoms with E-state index >= 15 is 0 Å². The van der Waals surface area contributed by atoms with Gasteiger partial charge in [-0.25, -0.2) is 0 Å². The maximum atomic E-state index is 6.82. The fraction of sp³-hybridized carbons (Fsp3) is 0.520. The lowest BCUT2D eigenvalue weighted by molar-refractivity contribution is 0.169. The van der Waals surface area contributed by atoms with E-state index in [0.717, 1.165) is 45.4 Å². The molecule has 0 unspecified atom stereocenters. The van der Waals surface area contributed by atoms with E-state index in [0.29, 0.717) is 5.92 Å². The maximum absolute atomic E-state index is 6.82. The molecule has 0 bridgehead atoms. The summed E-state index contributed by atoms with van der Waals surface area (Å²) < 4.78 is -0.689. The van der Waals surface area contributed by atoms with Gasteiger partial charge in [-0.2, -0.15) is 0 Å². The largest absolute Gasteiger partial charge is 0.385 e. The molecule has 29 heavy (non-hydrogen) atoms. The first kappa shape index (κ1) is 21.0. The van der Waals surface area contributed by atoms with Gasteiger partial charge in [0.05, 0.1) is 0 Å². The molecule has 2 aromatic carbocycles. The molecule has 2 aliphatic heterocycles. The summed E-state index contributed by atoms with van der Waals surface area (Å²) in [6.45, 7) is 4.37. The predicted octanol–water partition coefficient (Wildman–Crippen LogP) is 6.45. The lowest BCUT2D eigenvalue weighted by Crippen LogP contribution is -2.35. The van der Waals surface area contributed by atoms with Gasteiger partial charge in [0.2, 0.25) is 0 Å². The SMILES string of the molecule is ClC(Cl)(Cc1ccc2c(c1)NCCCC2)CC1CCN(Cc2ccccc2)CC1. The molecular formula is C25H32Cl2N2. The van der Waals surface area contributed by atoms with Crippen molar-refractivity contribution >= 4 is 28.9 Å². The maximum Gasteiger partial charge on any atom is 0.122 e. The number of rotatable bonds is 6. The van der Waals surface area contributed by atoms with Crippen molar-refractivity contribution < 1.29 is 0 Å². The third-order valence-electron chi connectivity index (χ3n) is 6.37. The zero-order valence-electron chi connectivity index (χ0n) is 17.2. The first-order chi connectivity index (χ1) is 14.1. The van der Waals surface area contributed by atoms with Crippen LogP contribution < -0.4 is 5.32 Å². The summed E-state index contributed by atoms with van der Waals surface area (Å²) in [5.41, 5.74) is 5.33. The number of likely N-dealkylation sites (tertiary alicyclic amines) is 1. The third-order valence-corrected chi connectivity index (χ3v) is 6.94. The highest BCUT2D eigenvalue weighted by Crippen LogP contribution is 2.37. The molecule has 1 saturated heterocycles. The molecule has 2 aliphatic rings. The molecule has 0 amide bonds. The van der Waals surface area contributed by atoms with E-state index in [-0.39, 0.29) is 0 Å². The zero-order valence-corrected chi connectivity index (χ0v) is 18.7. The smallest absolute Gasteiger partial charge is 0.122 e. The Kier molecular flexibility index (Phi) is 7.05. The molecule has 156 valence electrons. The summed E-state index contributed by atoms with van der Waals surface area (Å²) in [5, 5.41) is 3.57. The lowest BCUT2D eigenvalue weighted by Gasteiger charge is -2.34. The standard InChI is InChI=1S/C25H32Cl2N2/c26-25(27,18-22-9-10-23-8-4-5-13-28-24(23)16-22)17-20-11-14-29(15-12-20)19-21-6-2-1-3-7-21/h1-3,6-7,9-10,16,20,28H,4-5,8,11-15,17-19H2. The molecule has 0 saturated carbocycles. The molecule has 1 N–H and O–H groups in total. The van der Waals surface area contributed by atoms with Crippen LogP contribution in [0.1, 0.15) is 48.8 Å². The molecule has 2 aromatic rings. The second-order valence-corrected chi connectivity index (χ2v) is 10.5. The summed E-state index contributed by atoms with van der Waals surface area (Å²) in [6.07, 6.45) is 7.62. The lowest BCUT2D eigenvalue weighted by atomic mass is 9.89. The Bertz CT molecular complexity index is 783. The Morgan fingerprint density at radius 2 is 1.76 bits per heavy atom. The van der Waals surface area contributed by atoms with Crippen molar-refractivity contribution in [2.24, 2.45) is 5.92 Å². The van der Waals surface area contributed by atoms with Crippen LogP contribution in [0, 0.1) is 5.92 Å². The van der Waals surface area contributed by atoms with E-state index in [4.69, 9.17) is 23.2 Å². The van der Waals surface area contributed by atoms with Gasteiger partial charge in [0.1, 0.15) is 4.33 Å². The number of hydrogen-bond donors (Lipinski definition) is 1. The number of nitrogens with zero attached hydrogens (tertiary/aromatic N) is 1. The molecule has 2 heterocycles. The van der Waals surface area contributed by atoms with Crippen molar-refractivity contribution in [1.29, 1.82) is 0 Å². The van der Waals surface area contributed by atoms with Gasteiger partial charge in [0.25, 0.3) is 0 Å². The van der Waals surface area contributed by atoms with E-state index in [1.165, 1.54) is 48.1 Å². The quantitative estimate of drug-likeness (QED) is 0.529. The minimum atomic E-state index is -0.689. The summed E-state index contributed by atoms with van der Waals surface area (Å²) in [4.78, 5) is 2.55. The summed E-state index contributed by atoms with van der Waals surface area (Å²) in [6, 6.07) is 17.5. The number of nitrogens with one attached hydrogen (secondary N) is 1. The molecule has 0 aromatic heterocycles. The van der Waals surface area contributed by atoms with Crippen molar-refractivity contribution in [2.75, 3.05) is 25.0 Å². The topological polar surface area (TPSA) is 15.3 Å². The molecule has 0 atom stereocenters. The first-order valence-corrected chi connectivity index (χ1v) is 11.8. The van der Waals surface area contributed by atoms with E-state index in [1.54, 1.807) is 0 Å². The van der Waals surface area contributed by atoms with Gasteiger partial charge >= 0.3 is 0 Å². The van der Waals surface area contributed by atoms with Gasteiger partial charge in [0, 0.05) is 25.2 Å². The van der Waals surface area contributed by atoms with Gasteiger partial charge in [0.15, 0.2) is 0 Å². The van der Waals surface area contributed by atoms with Crippen molar-refractivity contribution in [3.05, 3.63) is 65.2 Å². The van der Waals surface area contributed by atoms with Crippen LogP contribution in [-0.4, -0.2) is 28.9 Å². The molecule has 4 heteroatoms. The van der Waals surface area contributed by atoms with Crippen LogP contribution in [0.15, 0.2) is 48.5 Å². The highest BCUT2D eigenvalue weighted by atomic mass is 35.5. The predicted molar refractivity (Wildman–Crippen MR) is 125 cm³/mol. The molecule has 1 fully saturated rings. The van der Waals surface area contributed by atoms with Crippen LogP contribution in [0.4, 0.5) is 5.69 Å². The molecular weight excluding hydrogens is 399 g/mol. The number of fused-ring (bicyclic) bond motifs is 1. The minimum absolute atomic E-state index is 0.607.